The normalized spacial score (nSPS) is 10.8. The van der Waals surface area contributed by atoms with Gasteiger partial charge < -0.3 is 16.0 Å². The van der Waals surface area contributed by atoms with Crippen molar-refractivity contribution in [2.75, 3.05) is 25.0 Å². The van der Waals surface area contributed by atoms with Crippen molar-refractivity contribution in [3.63, 3.8) is 0 Å². The lowest BCUT2D eigenvalue weighted by Gasteiger charge is -2.11. The van der Waals surface area contributed by atoms with E-state index in [0.717, 1.165) is 24.1 Å². The largest absolute Gasteiger partial charge is 0.357 e. The first-order valence-electron chi connectivity index (χ1n) is 8.50. The first-order chi connectivity index (χ1) is 13.0. The average Bonchev–Trinajstić information content (AvgIpc) is 2.67. The second-order valence-electron chi connectivity index (χ2n) is 5.63. The Morgan fingerprint density at radius 3 is 2.39 bits per heavy atom. The summed E-state index contributed by atoms with van der Waals surface area (Å²) >= 11 is 0. The molecule has 0 radical (unpaired) electrons. The number of hydrogen-bond acceptors (Lipinski definition) is 2. The quantitative estimate of drug-likeness (QED) is 0.233. The molecule has 9 heteroatoms. The fraction of sp³-hybridized carbons (Fsp3) is 0.263. The fourth-order valence-electron chi connectivity index (χ4n) is 2.27. The first kappa shape index (κ1) is 23.7. The summed E-state index contributed by atoms with van der Waals surface area (Å²) in [6.45, 7) is 2.77. The standard InChI is InChI=1S/C19H21F3N4O.HI/c1-2-23-19(24-11-10-13-6-4-3-5-7-13)25-12-16(27)26-15-9-8-14(20)17(21)18(15)22;/h3-9H,2,10-12H2,1H3,(H,26,27)(H2,23,24,25);1H. The van der Waals surface area contributed by atoms with Gasteiger partial charge in [0.25, 0.3) is 0 Å². The molecule has 0 aromatic heterocycles. The van der Waals surface area contributed by atoms with Crippen LogP contribution in [0.2, 0.25) is 0 Å². The first-order valence-corrected chi connectivity index (χ1v) is 8.50. The van der Waals surface area contributed by atoms with Crippen molar-refractivity contribution >= 4 is 41.5 Å². The predicted octanol–water partition coefficient (Wildman–Crippen LogP) is 3.46. The Balaban J connectivity index is 0.00000392. The molecule has 2 aromatic carbocycles. The minimum Gasteiger partial charge on any atom is -0.357 e. The van der Waals surface area contributed by atoms with Crippen LogP contribution in [0.15, 0.2) is 47.5 Å². The Hall–Kier alpha value is -2.30. The van der Waals surface area contributed by atoms with Crippen molar-refractivity contribution < 1.29 is 18.0 Å². The lowest BCUT2D eigenvalue weighted by atomic mass is 10.1. The van der Waals surface area contributed by atoms with Gasteiger partial charge >= 0.3 is 0 Å². The zero-order chi connectivity index (χ0) is 19.6. The number of carbonyl (C=O) groups is 1. The second-order valence-corrected chi connectivity index (χ2v) is 5.63. The molecule has 3 N–H and O–H groups in total. The number of carbonyl (C=O) groups excluding carboxylic acids is 1. The predicted molar refractivity (Wildman–Crippen MR) is 114 cm³/mol. The molecule has 0 atom stereocenters. The van der Waals surface area contributed by atoms with Crippen molar-refractivity contribution in [3.8, 4) is 0 Å². The van der Waals surface area contributed by atoms with Crippen LogP contribution in [0.25, 0.3) is 0 Å². The van der Waals surface area contributed by atoms with E-state index in [1.807, 2.05) is 37.3 Å². The van der Waals surface area contributed by atoms with Crippen LogP contribution < -0.4 is 16.0 Å². The lowest BCUT2D eigenvalue weighted by Crippen LogP contribution is -2.39. The number of rotatable bonds is 7. The summed E-state index contributed by atoms with van der Waals surface area (Å²) in [4.78, 5) is 16.0. The van der Waals surface area contributed by atoms with Crippen molar-refractivity contribution in [1.29, 1.82) is 0 Å². The van der Waals surface area contributed by atoms with E-state index in [-0.39, 0.29) is 30.5 Å². The van der Waals surface area contributed by atoms with E-state index in [1.54, 1.807) is 0 Å². The Labute approximate surface area is 178 Å². The van der Waals surface area contributed by atoms with Gasteiger partial charge in [0.2, 0.25) is 5.91 Å². The minimum atomic E-state index is -1.63. The Kier molecular flexibility index (Phi) is 10.4. The minimum absolute atomic E-state index is 0. The summed E-state index contributed by atoms with van der Waals surface area (Å²) in [5, 5.41) is 8.26. The number of aliphatic imine (C=N–C) groups is 1. The highest BCUT2D eigenvalue weighted by atomic mass is 127. The van der Waals surface area contributed by atoms with E-state index in [2.05, 4.69) is 20.9 Å². The summed E-state index contributed by atoms with van der Waals surface area (Å²) in [6, 6.07) is 11.6. The smallest absolute Gasteiger partial charge is 0.246 e. The summed E-state index contributed by atoms with van der Waals surface area (Å²) in [5.41, 5.74) is 0.726. The SMILES string of the molecule is CCNC(=NCC(=O)Nc1ccc(F)c(F)c1F)NCCc1ccccc1.I. The number of amides is 1. The molecule has 0 spiro atoms. The zero-order valence-corrected chi connectivity index (χ0v) is 17.6. The van der Waals surface area contributed by atoms with Crippen LogP contribution in [0, 0.1) is 17.5 Å². The molecule has 2 rings (SSSR count). The molecule has 0 heterocycles. The summed E-state index contributed by atoms with van der Waals surface area (Å²) in [6.07, 6.45) is 0.775. The lowest BCUT2D eigenvalue weighted by molar-refractivity contribution is -0.114. The maximum atomic E-state index is 13.6. The van der Waals surface area contributed by atoms with Gasteiger partial charge in [0.1, 0.15) is 6.54 Å². The van der Waals surface area contributed by atoms with E-state index >= 15 is 0 Å². The van der Waals surface area contributed by atoms with Gasteiger partial charge in [0.05, 0.1) is 5.69 Å². The molecule has 0 fully saturated rings. The van der Waals surface area contributed by atoms with Gasteiger partial charge in [0, 0.05) is 13.1 Å². The maximum Gasteiger partial charge on any atom is 0.246 e. The van der Waals surface area contributed by atoms with Gasteiger partial charge in [-0.1, -0.05) is 30.3 Å². The molecule has 2 aromatic rings. The van der Waals surface area contributed by atoms with Gasteiger partial charge in [-0.25, -0.2) is 18.2 Å². The van der Waals surface area contributed by atoms with E-state index in [4.69, 9.17) is 0 Å². The molecular formula is C19H22F3IN4O. The molecule has 0 aliphatic rings. The number of hydrogen-bond donors (Lipinski definition) is 3. The van der Waals surface area contributed by atoms with Crippen molar-refractivity contribution in [3.05, 3.63) is 65.5 Å². The number of halogens is 4. The van der Waals surface area contributed by atoms with E-state index < -0.39 is 29.0 Å². The average molecular weight is 506 g/mol. The Bertz CT molecular complexity index is 803. The van der Waals surface area contributed by atoms with E-state index in [1.165, 1.54) is 0 Å². The molecular weight excluding hydrogens is 484 g/mol. The van der Waals surface area contributed by atoms with Crippen LogP contribution in [0.4, 0.5) is 18.9 Å². The molecule has 0 saturated carbocycles. The summed E-state index contributed by atoms with van der Waals surface area (Å²) in [5.74, 6) is -4.62. The van der Waals surface area contributed by atoms with Crippen molar-refractivity contribution in [2.24, 2.45) is 4.99 Å². The summed E-state index contributed by atoms with van der Waals surface area (Å²) < 4.78 is 39.7. The molecule has 0 saturated heterocycles. The zero-order valence-electron chi connectivity index (χ0n) is 15.3. The van der Waals surface area contributed by atoms with Crippen LogP contribution >= 0.6 is 24.0 Å². The highest BCUT2D eigenvalue weighted by Crippen LogP contribution is 2.19. The van der Waals surface area contributed by atoms with E-state index in [9.17, 15) is 18.0 Å². The van der Waals surface area contributed by atoms with Crippen LogP contribution in [0.1, 0.15) is 12.5 Å². The number of nitrogens with zero attached hydrogens (tertiary/aromatic N) is 1. The maximum absolute atomic E-state index is 13.6. The van der Waals surface area contributed by atoms with Gasteiger partial charge in [-0.05, 0) is 31.0 Å². The monoisotopic (exact) mass is 506 g/mol. The van der Waals surface area contributed by atoms with Crippen LogP contribution in [-0.4, -0.2) is 31.5 Å². The molecule has 152 valence electrons. The molecule has 0 aliphatic heterocycles. The third kappa shape index (κ3) is 7.37. The number of anilines is 1. The van der Waals surface area contributed by atoms with Gasteiger partial charge in [-0.2, -0.15) is 0 Å². The number of benzene rings is 2. The second kappa shape index (κ2) is 12.2. The molecule has 28 heavy (non-hydrogen) atoms. The van der Waals surface area contributed by atoms with Crippen molar-refractivity contribution in [1.82, 2.24) is 10.6 Å². The highest BCUT2D eigenvalue weighted by Gasteiger charge is 2.15. The summed E-state index contributed by atoms with van der Waals surface area (Å²) in [7, 11) is 0. The van der Waals surface area contributed by atoms with Crippen LogP contribution in [-0.2, 0) is 11.2 Å². The molecule has 5 nitrogen and oxygen atoms in total. The molecule has 0 aliphatic carbocycles. The molecule has 0 bridgehead atoms. The van der Waals surface area contributed by atoms with Crippen LogP contribution in [0.3, 0.4) is 0 Å². The third-order valence-electron chi connectivity index (χ3n) is 3.58. The van der Waals surface area contributed by atoms with Crippen molar-refractivity contribution in [2.45, 2.75) is 13.3 Å². The van der Waals surface area contributed by atoms with Crippen LogP contribution in [0.5, 0.6) is 0 Å². The van der Waals surface area contributed by atoms with E-state index in [0.29, 0.717) is 19.0 Å². The highest BCUT2D eigenvalue weighted by molar-refractivity contribution is 14.0. The van der Waals surface area contributed by atoms with Gasteiger partial charge in [-0.15, -0.1) is 24.0 Å². The third-order valence-corrected chi connectivity index (χ3v) is 3.58. The Morgan fingerprint density at radius 2 is 1.71 bits per heavy atom. The number of nitrogens with one attached hydrogen (secondary N) is 3. The molecule has 0 unspecified atom stereocenters. The van der Waals surface area contributed by atoms with Gasteiger partial charge in [0.15, 0.2) is 23.4 Å². The topological polar surface area (TPSA) is 65.5 Å². The number of guanidine groups is 1. The molecule has 1 amide bonds. The Morgan fingerprint density at radius 1 is 1.00 bits per heavy atom. The van der Waals surface area contributed by atoms with Gasteiger partial charge in [-0.3, -0.25) is 4.79 Å². The fourth-order valence-corrected chi connectivity index (χ4v) is 2.27.